The van der Waals surface area contributed by atoms with Crippen LogP contribution in [0.3, 0.4) is 0 Å². The maximum absolute atomic E-state index is 5.74. The maximum Gasteiger partial charge on any atom is 0.133 e. The second-order valence-electron chi connectivity index (χ2n) is 4.61. The number of hydrogen-bond donors (Lipinski definition) is 1. The minimum atomic E-state index is 0.344. The van der Waals surface area contributed by atoms with E-state index in [2.05, 4.69) is 13.8 Å². The minimum Gasteiger partial charge on any atom is -0.497 e. The molecule has 0 heterocycles. The smallest absolute Gasteiger partial charge is 0.133 e. The summed E-state index contributed by atoms with van der Waals surface area (Å²) in [5, 5.41) is 0. The van der Waals surface area contributed by atoms with Crippen molar-refractivity contribution in [3.63, 3.8) is 0 Å². The summed E-state index contributed by atoms with van der Waals surface area (Å²) in [5.74, 6) is 2.13. The highest BCUT2D eigenvalue weighted by atomic mass is 32.1. The van der Waals surface area contributed by atoms with Gasteiger partial charge in [-0.25, -0.2) is 0 Å². The molecule has 18 heavy (non-hydrogen) atoms. The summed E-state index contributed by atoms with van der Waals surface area (Å²) >= 11 is 5.01. The lowest BCUT2D eigenvalue weighted by Gasteiger charge is -2.12. The van der Waals surface area contributed by atoms with Crippen LogP contribution in [0.1, 0.15) is 32.3 Å². The van der Waals surface area contributed by atoms with Crippen LogP contribution < -0.4 is 15.2 Å². The van der Waals surface area contributed by atoms with Gasteiger partial charge in [-0.05, 0) is 30.9 Å². The fourth-order valence-corrected chi connectivity index (χ4v) is 1.79. The zero-order valence-electron chi connectivity index (χ0n) is 11.2. The van der Waals surface area contributed by atoms with Crippen molar-refractivity contribution in [3.8, 4) is 11.5 Å². The molecular weight excluding hydrogens is 246 g/mol. The van der Waals surface area contributed by atoms with Crippen molar-refractivity contribution >= 4 is 17.2 Å². The van der Waals surface area contributed by atoms with E-state index in [1.165, 1.54) is 0 Å². The van der Waals surface area contributed by atoms with Gasteiger partial charge >= 0.3 is 0 Å². The lowest BCUT2D eigenvalue weighted by Crippen LogP contribution is -2.12. The van der Waals surface area contributed by atoms with Crippen LogP contribution in [-0.2, 0) is 0 Å². The fourth-order valence-electron chi connectivity index (χ4n) is 1.63. The molecule has 2 N–H and O–H groups in total. The van der Waals surface area contributed by atoms with Crippen LogP contribution in [0, 0.1) is 5.92 Å². The molecule has 1 rings (SSSR count). The van der Waals surface area contributed by atoms with E-state index in [-0.39, 0.29) is 0 Å². The Morgan fingerprint density at radius 2 is 2.11 bits per heavy atom. The molecule has 0 unspecified atom stereocenters. The maximum atomic E-state index is 5.74. The molecule has 0 saturated heterocycles. The largest absolute Gasteiger partial charge is 0.497 e. The highest BCUT2D eigenvalue weighted by molar-refractivity contribution is 7.80. The van der Waals surface area contributed by atoms with Crippen molar-refractivity contribution in [2.24, 2.45) is 11.7 Å². The summed E-state index contributed by atoms with van der Waals surface area (Å²) in [7, 11) is 1.62. The van der Waals surface area contributed by atoms with E-state index in [0.29, 0.717) is 23.3 Å². The number of thiocarbonyl (C=S) groups is 1. The standard InChI is InChI=1S/C14H21NO2S/c1-10(2)5-4-8-17-13-9-11(16-3)6-7-12(13)14(15)18/h6-7,9-10H,4-5,8H2,1-3H3,(H2,15,18). The fraction of sp³-hybridized carbons (Fsp3) is 0.500. The van der Waals surface area contributed by atoms with Crippen LogP contribution >= 0.6 is 12.2 Å². The average Bonchev–Trinajstić information content (AvgIpc) is 2.33. The van der Waals surface area contributed by atoms with E-state index in [1.54, 1.807) is 7.11 Å². The Morgan fingerprint density at radius 1 is 1.39 bits per heavy atom. The van der Waals surface area contributed by atoms with E-state index < -0.39 is 0 Å². The van der Waals surface area contributed by atoms with Gasteiger partial charge in [0.1, 0.15) is 16.5 Å². The molecule has 0 fully saturated rings. The summed E-state index contributed by atoms with van der Waals surface area (Å²) in [5.41, 5.74) is 6.43. The summed E-state index contributed by atoms with van der Waals surface area (Å²) < 4.78 is 10.9. The number of rotatable bonds is 7. The van der Waals surface area contributed by atoms with Crippen LogP contribution in [-0.4, -0.2) is 18.7 Å². The summed E-state index contributed by atoms with van der Waals surface area (Å²) in [6, 6.07) is 5.48. The van der Waals surface area contributed by atoms with Gasteiger partial charge in [-0.15, -0.1) is 0 Å². The number of methoxy groups -OCH3 is 1. The summed E-state index contributed by atoms with van der Waals surface area (Å²) in [6.45, 7) is 5.07. The van der Waals surface area contributed by atoms with Crippen molar-refractivity contribution in [2.75, 3.05) is 13.7 Å². The first-order chi connectivity index (χ1) is 8.54. The van der Waals surface area contributed by atoms with Crippen molar-refractivity contribution in [3.05, 3.63) is 23.8 Å². The number of nitrogens with two attached hydrogens (primary N) is 1. The Labute approximate surface area is 114 Å². The van der Waals surface area contributed by atoms with E-state index in [4.69, 9.17) is 27.4 Å². The average molecular weight is 267 g/mol. The molecule has 100 valence electrons. The highest BCUT2D eigenvalue weighted by Crippen LogP contribution is 2.25. The quantitative estimate of drug-likeness (QED) is 0.609. The molecule has 0 atom stereocenters. The van der Waals surface area contributed by atoms with Crippen molar-refractivity contribution in [1.29, 1.82) is 0 Å². The second kappa shape index (κ2) is 7.21. The van der Waals surface area contributed by atoms with Gasteiger partial charge in [0.2, 0.25) is 0 Å². The molecule has 3 nitrogen and oxygen atoms in total. The predicted octanol–water partition coefficient (Wildman–Crippen LogP) is 3.14. The Kier molecular flexibility index (Phi) is 5.92. The van der Waals surface area contributed by atoms with Crippen LogP contribution in [0.25, 0.3) is 0 Å². The van der Waals surface area contributed by atoms with Crippen LogP contribution in [0.4, 0.5) is 0 Å². The van der Waals surface area contributed by atoms with Crippen molar-refractivity contribution in [2.45, 2.75) is 26.7 Å². The lowest BCUT2D eigenvalue weighted by molar-refractivity contribution is 0.295. The summed E-state index contributed by atoms with van der Waals surface area (Å²) in [4.78, 5) is 0.344. The zero-order chi connectivity index (χ0) is 13.5. The molecule has 1 aromatic carbocycles. The van der Waals surface area contributed by atoms with E-state index in [0.717, 1.165) is 24.2 Å². The molecule has 0 aromatic heterocycles. The normalized spacial score (nSPS) is 10.4. The lowest BCUT2D eigenvalue weighted by atomic mass is 10.1. The first-order valence-electron chi connectivity index (χ1n) is 6.15. The van der Waals surface area contributed by atoms with Gasteiger partial charge in [0.05, 0.1) is 19.3 Å². The molecule has 0 aliphatic carbocycles. The molecule has 0 spiro atoms. The first-order valence-corrected chi connectivity index (χ1v) is 6.56. The van der Waals surface area contributed by atoms with Gasteiger partial charge in [0.25, 0.3) is 0 Å². The second-order valence-corrected chi connectivity index (χ2v) is 5.05. The Bertz CT molecular complexity index is 405. The van der Waals surface area contributed by atoms with Gasteiger partial charge in [-0.1, -0.05) is 26.1 Å². The van der Waals surface area contributed by atoms with Gasteiger partial charge in [0.15, 0.2) is 0 Å². The Morgan fingerprint density at radius 3 is 2.67 bits per heavy atom. The third-order valence-electron chi connectivity index (χ3n) is 2.64. The Hall–Kier alpha value is -1.29. The van der Waals surface area contributed by atoms with Gasteiger partial charge in [0, 0.05) is 6.07 Å². The summed E-state index contributed by atoms with van der Waals surface area (Å²) in [6.07, 6.45) is 2.16. The predicted molar refractivity (Wildman–Crippen MR) is 78.4 cm³/mol. The molecular formula is C14H21NO2S. The molecule has 0 bridgehead atoms. The molecule has 0 radical (unpaired) electrons. The number of benzene rings is 1. The minimum absolute atomic E-state index is 0.344. The van der Waals surface area contributed by atoms with Gasteiger partial charge < -0.3 is 15.2 Å². The van der Waals surface area contributed by atoms with Crippen LogP contribution in [0.15, 0.2) is 18.2 Å². The topological polar surface area (TPSA) is 44.5 Å². The SMILES string of the molecule is COc1ccc(C(N)=S)c(OCCCC(C)C)c1. The molecule has 0 saturated carbocycles. The van der Waals surface area contributed by atoms with Crippen LogP contribution in [0.2, 0.25) is 0 Å². The Balaban J connectivity index is 2.69. The zero-order valence-corrected chi connectivity index (χ0v) is 12.0. The van der Waals surface area contributed by atoms with E-state index in [9.17, 15) is 0 Å². The third kappa shape index (κ3) is 4.53. The molecule has 0 aliphatic rings. The van der Waals surface area contributed by atoms with Gasteiger partial charge in [-0.3, -0.25) is 0 Å². The first kappa shape index (κ1) is 14.8. The van der Waals surface area contributed by atoms with Crippen LogP contribution in [0.5, 0.6) is 11.5 Å². The number of hydrogen-bond acceptors (Lipinski definition) is 3. The highest BCUT2D eigenvalue weighted by Gasteiger charge is 2.08. The molecule has 4 heteroatoms. The number of ether oxygens (including phenoxy) is 2. The molecule has 1 aromatic rings. The third-order valence-corrected chi connectivity index (χ3v) is 2.86. The molecule has 0 amide bonds. The van der Waals surface area contributed by atoms with E-state index >= 15 is 0 Å². The molecule has 0 aliphatic heterocycles. The van der Waals surface area contributed by atoms with Crippen molar-refractivity contribution in [1.82, 2.24) is 0 Å². The van der Waals surface area contributed by atoms with Crippen molar-refractivity contribution < 1.29 is 9.47 Å². The monoisotopic (exact) mass is 267 g/mol. The van der Waals surface area contributed by atoms with Gasteiger partial charge in [-0.2, -0.15) is 0 Å². The van der Waals surface area contributed by atoms with E-state index in [1.807, 2.05) is 18.2 Å².